The predicted octanol–water partition coefficient (Wildman–Crippen LogP) is 2.25. The number of anilines is 1. The molecule has 1 aromatic heterocycles. The van der Waals surface area contributed by atoms with Gasteiger partial charge in [0.15, 0.2) is 0 Å². The number of nitrogen functional groups attached to an aromatic ring is 1. The summed E-state index contributed by atoms with van der Waals surface area (Å²) in [6, 6.07) is 9.64. The topological polar surface area (TPSA) is 62.3 Å². The first-order chi connectivity index (χ1) is 9.22. The maximum absolute atomic E-state index is 5.92. The molecule has 0 bridgehead atoms. The number of aromatic nitrogens is 2. The van der Waals surface area contributed by atoms with Crippen molar-refractivity contribution in [3.63, 3.8) is 0 Å². The largest absolute Gasteiger partial charge is 0.490 e. The lowest BCUT2D eigenvalue weighted by Crippen LogP contribution is -2.12. The molecule has 0 saturated carbocycles. The Morgan fingerprint density at radius 1 is 1.16 bits per heavy atom. The Kier molecular flexibility index (Phi) is 4.28. The highest BCUT2D eigenvalue weighted by molar-refractivity contribution is 5.52. The Hall–Kier alpha value is -2.17. The van der Waals surface area contributed by atoms with Crippen LogP contribution < -0.4 is 15.2 Å². The van der Waals surface area contributed by atoms with Gasteiger partial charge in [-0.15, -0.1) is 0 Å². The van der Waals surface area contributed by atoms with Crippen molar-refractivity contribution in [2.45, 2.75) is 20.4 Å². The van der Waals surface area contributed by atoms with Crippen molar-refractivity contribution in [3.8, 4) is 11.6 Å². The van der Waals surface area contributed by atoms with Crippen molar-refractivity contribution in [3.05, 3.63) is 36.0 Å². The fraction of sp³-hybridized carbons (Fsp3) is 0.357. The molecule has 2 N–H and O–H groups in total. The van der Waals surface area contributed by atoms with Crippen molar-refractivity contribution in [2.75, 3.05) is 18.9 Å². The average Bonchev–Trinajstić information content (AvgIpc) is 2.72. The summed E-state index contributed by atoms with van der Waals surface area (Å²) in [5.41, 5.74) is 7.31. The summed E-state index contributed by atoms with van der Waals surface area (Å²) in [4.78, 5) is 0. The Bertz CT molecular complexity index is 523. The quantitative estimate of drug-likeness (QED) is 0.810. The predicted molar refractivity (Wildman–Crippen MR) is 74.5 cm³/mol. The SMILES string of the molecule is CCn1nc(C)c(N)c1OCCOc1ccccc1. The van der Waals surface area contributed by atoms with E-state index in [1.807, 2.05) is 44.2 Å². The number of aryl methyl sites for hydroxylation is 2. The molecule has 5 nitrogen and oxygen atoms in total. The van der Waals surface area contributed by atoms with Gasteiger partial charge in [-0.2, -0.15) is 5.10 Å². The van der Waals surface area contributed by atoms with Crippen LogP contribution in [-0.4, -0.2) is 23.0 Å². The van der Waals surface area contributed by atoms with E-state index < -0.39 is 0 Å². The summed E-state index contributed by atoms with van der Waals surface area (Å²) >= 11 is 0. The van der Waals surface area contributed by atoms with Crippen molar-refractivity contribution in [1.82, 2.24) is 9.78 Å². The molecule has 0 spiro atoms. The zero-order valence-corrected chi connectivity index (χ0v) is 11.3. The molecule has 0 fully saturated rings. The Morgan fingerprint density at radius 2 is 1.84 bits per heavy atom. The Balaban J connectivity index is 1.86. The van der Waals surface area contributed by atoms with E-state index in [1.165, 1.54) is 0 Å². The fourth-order valence-electron chi connectivity index (χ4n) is 1.76. The van der Waals surface area contributed by atoms with Gasteiger partial charge in [0.25, 0.3) is 0 Å². The van der Waals surface area contributed by atoms with Gasteiger partial charge in [0, 0.05) is 6.54 Å². The van der Waals surface area contributed by atoms with E-state index in [-0.39, 0.29) is 0 Å². The molecule has 2 rings (SSSR count). The van der Waals surface area contributed by atoms with Crippen LogP contribution in [0.25, 0.3) is 0 Å². The molecule has 0 aliphatic carbocycles. The van der Waals surface area contributed by atoms with Gasteiger partial charge in [0.2, 0.25) is 5.88 Å². The monoisotopic (exact) mass is 261 g/mol. The summed E-state index contributed by atoms with van der Waals surface area (Å²) in [6.07, 6.45) is 0. The molecule has 1 heterocycles. The van der Waals surface area contributed by atoms with E-state index in [1.54, 1.807) is 4.68 Å². The van der Waals surface area contributed by atoms with Crippen LogP contribution in [-0.2, 0) is 6.54 Å². The number of hydrogen-bond acceptors (Lipinski definition) is 4. The van der Waals surface area contributed by atoms with Gasteiger partial charge >= 0.3 is 0 Å². The summed E-state index contributed by atoms with van der Waals surface area (Å²) in [5.74, 6) is 1.45. The molecular formula is C14H19N3O2. The van der Waals surface area contributed by atoms with Crippen LogP contribution in [0.2, 0.25) is 0 Å². The average molecular weight is 261 g/mol. The number of nitrogens with zero attached hydrogens (tertiary/aromatic N) is 2. The third kappa shape index (κ3) is 3.19. The highest BCUT2D eigenvalue weighted by Gasteiger charge is 2.12. The second kappa shape index (κ2) is 6.13. The van der Waals surface area contributed by atoms with Gasteiger partial charge in [0.05, 0.1) is 5.69 Å². The van der Waals surface area contributed by atoms with Gasteiger partial charge in [-0.25, -0.2) is 4.68 Å². The van der Waals surface area contributed by atoms with Gasteiger partial charge in [-0.3, -0.25) is 0 Å². The van der Waals surface area contributed by atoms with E-state index in [9.17, 15) is 0 Å². The molecule has 0 amide bonds. The van der Waals surface area contributed by atoms with Crippen LogP contribution in [0.3, 0.4) is 0 Å². The van der Waals surface area contributed by atoms with Crippen LogP contribution in [0.5, 0.6) is 11.6 Å². The van der Waals surface area contributed by atoms with Crippen molar-refractivity contribution in [2.24, 2.45) is 0 Å². The summed E-state index contributed by atoms with van der Waals surface area (Å²) in [5, 5.41) is 4.29. The first-order valence-electron chi connectivity index (χ1n) is 6.36. The van der Waals surface area contributed by atoms with Crippen molar-refractivity contribution in [1.29, 1.82) is 0 Å². The van der Waals surface area contributed by atoms with E-state index >= 15 is 0 Å². The van der Waals surface area contributed by atoms with Crippen molar-refractivity contribution >= 4 is 5.69 Å². The molecule has 0 unspecified atom stereocenters. The Labute approximate surface area is 112 Å². The molecule has 5 heteroatoms. The molecule has 2 aromatic rings. The second-order valence-corrected chi connectivity index (χ2v) is 4.13. The lowest BCUT2D eigenvalue weighted by Gasteiger charge is -2.09. The van der Waals surface area contributed by atoms with Gasteiger partial charge in [0.1, 0.15) is 24.7 Å². The number of benzene rings is 1. The maximum atomic E-state index is 5.92. The van der Waals surface area contributed by atoms with E-state index in [2.05, 4.69) is 5.10 Å². The smallest absolute Gasteiger partial charge is 0.236 e. The van der Waals surface area contributed by atoms with E-state index in [0.29, 0.717) is 24.8 Å². The Morgan fingerprint density at radius 3 is 2.53 bits per heavy atom. The minimum Gasteiger partial charge on any atom is -0.490 e. The molecule has 0 saturated heterocycles. The maximum Gasteiger partial charge on any atom is 0.236 e. The zero-order chi connectivity index (χ0) is 13.7. The lowest BCUT2D eigenvalue weighted by atomic mass is 10.3. The number of rotatable bonds is 6. The van der Waals surface area contributed by atoms with E-state index in [0.717, 1.165) is 18.0 Å². The van der Waals surface area contributed by atoms with Crippen LogP contribution in [0.1, 0.15) is 12.6 Å². The second-order valence-electron chi connectivity index (χ2n) is 4.13. The molecule has 0 aliphatic rings. The molecular weight excluding hydrogens is 242 g/mol. The molecule has 1 aromatic carbocycles. The summed E-state index contributed by atoms with van der Waals surface area (Å²) in [6.45, 7) is 5.50. The van der Waals surface area contributed by atoms with Crippen molar-refractivity contribution < 1.29 is 9.47 Å². The first-order valence-corrected chi connectivity index (χ1v) is 6.36. The van der Waals surface area contributed by atoms with Gasteiger partial charge in [-0.1, -0.05) is 18.2 Å². The number of para-hydroxylation sites is 1. The third-order valence-electron chi connectivity index (χ3n) is 2.76. The molecule has 19 heavy (non-hydrogen) atoms. The van der Waals surface area contributed by atoms with Crippen LogP contribution in [0.15, 0.2) is 30.3 Å². The molecule has 0 atom stereocenters. The van der Waals surface area contributed by atoms with E-state index in [4.69, 9.17) is 15.2 Å². The standard InChI is InChI=1S/C14H19N3O2/c1-3-17-14(13(15)11(2)16-17)19-10-9-18-12-7-5-4-6-8-12/h4-8H,3,9-10,15H2,1-2H3. The van der Waals surface area contributed by atoms with Gasteiger partial charge < -0.3 is 15.2 Å². The number of hydrogen-bond donors (Lipinski definition) is 1. The number of ether oxygens (including phenoxy) is 2. The normalized spacial score (nSPS) is 10.4. The van der Waals surface area contributed by atoms with Crippen LogP contribution in [0.4, 0.5) is 5.69 Å². The lowest BCUT2D eigenvalue weighted by molar-refractivity contribution is 0.205. The zero-order valence-electron chi connectivity index (χ0n) is 11.3. The molecule has 102 valence electrons. The minimum atomic E-state index is 0.435. The summed E-state index contributed by atoms with van der Waals surface area (Å²) < 4.78 is 13.0. The highest BCUT2D eigenvalue weighted by atomic mass is 16.5. The molecule has 0 aliphatic heterocycles. The van der Waals surface area contributed by atoms with Crippen LogP contribution >= 0.6 is 0 Å². The van der Waals surface area contributed by atoms with Gasteiger partial charge in [-0.05, 0) is 26.0 Å². The highest BCUT2D eigenvalue weighted by Crippen LogP contribution is 2.24. The third-order valence-corrected chi connectivity index (χ3v) is 2.76. The number of nitrogens with two attached hydrogens (primary N) is 1. The minimum absolute atomic E-state index is 0.435. The first kappa shape index (κ1) is 13.3. The molecule has 0 radical (unpaired) electrons. The van der Waals surface area contributed by atoms with Crippen LogP contribution in [0, 0.1) is 6.92 Å². The fourth-order valence-corrected chi connectivity index (χ4v) is 1.76. The summed E-state index contributed by atoms with van der Waals surface area (Å²) in [7, 11) is 0.